The molecule has 1 aromatic carbocycles. The van der Waals surface area contributed by atoms with E-state index in [0.29, 0.717) is 6.04 Å². The van der Waals surface area contributed by atoms with Crippen LogP contribution in [-0.4, -0.2) is 18.1 Å². The first-order chi connectivity index (χ1) is 7.13. The maximum Gasteiger partial charge on any atom is 0.0435 e. The summed E-state index contributed by atoms with van der Waals surface area (Å²) in [5, 5.41) is 4.33. The molecule has 0 fully saturated rings. The van der Waals surface area contributed by atoms with Gasteiger partial charge in [0.1, 0.15) is 0 Å². The summed E-state index contributed by atoms with van der Waals surface area (Å²) < 4.78 is 0. The molecule has 1 unspecified atom stereocenters. The molecule has 0 bridgehead atoms. The number of thioether (sulfide) groups is 1. The SMILES string of the molecule is CSCC(C)NCc1ccc(Cl)c(C)c1. The zero-order chi connectivity index (χ0) is 11.3. The van der Waals surface area contributed by atoms with Gasteiger partial charge in [0.15, 0.2) is 0 Å². The lowest BCUT2D eigenvalue weighted by atomic mass is 10.1. The topological polar surface area (TPSA) is 12.0 Å². The number of rotatable bonds is 5. The van der Waals surface area contributed by atoms with Gasteiger partial charge in [-0.05, 0) is 37.3 Å². The lowest BCUT2D eigenvalue weighted by Gasteiger charge is -2.12. The lowest BCUT2D eigenvalue weighted by molar-refractivity contribution is 0.596. The molecule has 0 saturated heterocycles. The standard InChI is InChI=1S/C12H18ClNS/c1-9-6-11(4-5-12(9)13)7-14-10(2)8-15-3/h4-6,10,14H,7-8H2,1-3H3. The van der Waals surface area contributed by atoms with Gasteiger partial charge in [0.05, 0.1) is 0 Å². The van der Waals surface area contributed by atoms with Gasteiger partial charge in [0.2, 0.25) is 0 Å². The number of hydrogen-bond acceptors (Lipinski definition) is 2. The van der Waals surface area contributed by atoms with Crippen LogP contribution in [-0.2, 0) is 6.54 Å². The van der Waals surface area contributed by atoms with Crippen molar-refractivity contribution in [3.8, 4) is 0 Å². The Bertz CT molecular complexity index is 314. The molecule has 1 rings (SSSR count). The first-order valence-electron chi connectivity index (χ1n) is 5.11. The second kappa shape index (κ2) is 6.41. The van der Waals surface area contributed by atoms with Crippen LogP contribution in [0.4, 0.5) is 0 Å². The van der Waals surface area contributed by atoms with Crippen molar-refractivity contribution in [2.45, 2.75) is 26.4 Å². The summed E-state index contributed by atoms with van der Waals surface area (Å²) >= 11 is 7.84. The Morgan fingerprint density at radius 3 is 2.80 bits per heavy atom. The fourth-order valence-electron chi connectivity index (χ4n) is 1.42. The number of benzene rings is 1. The Balaban J connectivity index is 2.47. The molecule has 0 aliphatic rings. The van der Waals surface area contributed by atoms with Gasteiger partial charge in [0.25, 0.3) is 0 Å². The minimum atomic E-state index is 0.552. The van der Waals surface area contributed by atoms with E-state index in [0.717, 1.165) is 22.9 Å². The minimum absolute atomic E-state index is 0.552. The third-order valence-corrected chi connectivity index (χ3v) is 3.55. The predicted molar refractivity (Wildman–Crippen MR) is 70.9 cm³/mol. The molecule has 1 atom stereocenters. The predicted octanol–water partition coefficient (Wildman–Crippen LogP) is 3.49. The van der Waals surface area contributed by atoms with Crippen molar-refractivity contribution in [2.75, 3.05) is 12.0 Å². The van der Waals surface area contributed by atoms with Gasteiger partial charge in [-0.25, -0.2) is 0 Å². The lowest BCUT2D eigenvalue weighted by Crippen LogP contribution is -2.27. The van der Waals surface area contributed by atoms with Crippen molar-refractivity contribution < 1.29 is 0 Å². The highest BCUT2D eigenvalue weighted by atomic mass is 35.5. The zero-order valence-corrected chi connectivity index (χ0v) is 11.1. The third kappa shape index (κ3) is 4.45. The van der Waals surface area contributed by atoms with E-state index in [1.54, 1.807) is 0 Å². The molecule has 84 valence electrons. The van der Waals surface area contributed by atoms with Crippen LogP contribution in [0.2, 0.25) is 5.02 Å². The molecular weight excluding hydrogens is 226 g/mol. The molecule has 0 amide bonds. The van der Waals surface area contributed by atoms with Gasteiger partial charge in [-0.2, -0.15) is 11.8 Å². The van der Waals surface area contributed by atoms with E-state index >= 15 is 0 Å². The summed E-state index contributed by atoms with van der Waals surface area (Å²) in [5.41, 5.74) is 2.44. The second-order valence-electron chi connectivity index (χ2n) is 3.82. The van der Waals surface area contributed by atoms with Crippen LogP contribution in [0, 0.1) is 6.92 Å². The van der Waals surface area contributed by atoms with Crippen LogP contribution in [0.3, 0.4) is 0 Å². The Labute approximate surface area is 102 Å². The van der Waals surface area contributed by atoms with Gasteiger partial charge in [-0.15, -0.1) is 0 Å². The van der Waals surface area contributed by atoms with E-state index in [1.807, 2.05) is 24.8 Å². The summed E-state index contributed by atoms with van der Waals surface area (Å²) in [7, 11) is 0. The number of nitrogens with one attached hydrogen (secondary N) is 1. The normalized spacial score (nSPS) is 12.8. The molecule has 0 aromatic heterocycles. The molecule has 0 heterocycles. The van der Waals surface area contributed by atoms with Crippen LogP contribution in [0.25, 0.3) is 0 Å². The highest BCUT2D eigenvalue weighted by Crippen LogP contribution is 2.16. The molecule has 3 heteroatoms. The van der Waals surface area contributed by atoms with E-state index in [-0.39, 0.29) is 0 Å². The van der Waals surface area contributed by atoms with E-state index in [9.17, 15) is 0 Å². The molecule has 1 N–H and O–H groups in total. The molecule has 0 spiro atoms. The van der Waals surface area contributed by atoms with Crippen molar-refractivity contribution in [1.29, 1.82) is 0 Å². The Morgan fingerprint density at radius 2 is 2.20 bits per heavy atom. The Hall–Kier alpha value is -0.180. The highest BCUT2D eigenvalue weighted by molar-refractivity contribution is 7.98. The summed E-state index contributed by atoms with van der Waals surface area (Å²) in [6.07, 6.45) is 2.13. The van der Waals surface area contributed by atoms with Gasteiger partial charge < -0.3 is 5.32 Å². The van der Waals surface area contributed by atoms with E-state index in [4.69, 9.17) is 11.6 Å². The van der Waals surface area contributed by atoms with Gasteiger partial charge in [0, 0.05) is 23.4 Å². The number of hydrogen-bond donors (Lipinski definition) is 1. The monoisotopic (exact) mass is 243 g/mol. The smallest absolute Gasteiger partial charge is 0.0435 e. The van der Waals surface area contributed by atoms with Gasteiger partial charge >= 0.3 is 0 Å². The molecule has 1 nitrogen and oxygen atoms in total. The quantitative estimate of drug-likeness (QED) is 0.850. The molecule has 0 aliphatic heterocycles. The van der Waals surface area contributed by atoms with Crippen LogP contribution in [0.5, 0.6) is 0 Å². The van der Waals surface area contributed by atoms with Crippen LogP contribution < -0.4 is 5.32 Å². The Morgan fingerprint density at radius 1 is 1.47 bits per heavy atom. The summed E-state index contributed by atoms with van der Waals surface area (Å²) in [5.74, 6) is 1.15. The fraction of sp³-hybridized carbons (Fsp3) is 0.500. The van der Waals surface area contributed by atoms with Gasteiger partial charge in [-0.1, -0.05) is 23.7 Å². The maximum absolute atomic E-state index is 5.97. The van der Waals surface area contributed by atoms with Crippen molar-refractivity contribution in [3.05, 3.63) is 34.3 Å². The van der Waals surface area contributed by atoms with E-state index in [1.165, 1.54) is 5.56 Å². The van der Waals surface area contributed by atoms with Crippen molar-refractivity contribution >= 4 is 23.4 Å². The molecule has 0 radical (unpaired) electrons. The average Bonchev–Trinajstić information content (AvgIpc) is 2.20. The van der Waals surface area contributed by atoms with Gasteiger partial charge in [-0.3, -0.25) is 0 Å². The first-order valence-corrected chi connectivity index (χ1v) is 6.88. The van der Waals surface area contributed by atoms with E-state index in [2.05, 4.69) is 30.6 Å². The minimum Gasteiger partial charge on any atom is -0.309 e. The van der Waals surface area contributed by atoms with Crippen LogP contribution in [0.1, 0.15) is 18.1 Å². The first kappa shape index (κ1) is 12.9. The van der Waals surface area contributed by atoms with Crippen molar-refractivity contribution in [2.24, 2.45) is 0 Å². The molecular formula is C12H18ClNS. The average molecular weight is 244 g/mol. The van der Waals surface area contributed by atoms with Crippen molar-refractivity contribution in [3.63, 3.8) is 0 Å². The maximum atomic E-state index is 5.97. The Kier molecular flexibility index (Phi) is 5.51. The van der Waals surface area contributed by atoms with Crippen molar-refractivity contribution in [1.82, 2.24) is 5.32 Å². The molecule has 15 heavy (non-hydrogen) atoms. The van der Waals surface area contributed by atoms with Crippen LogP contribution in [0.15, 0.2) is 18.2 Å². The molecule has 0 aliphatic carbocycles. The molecule has 0 saturated carbocycles. The summed E-state index contributed by atoms with van der Waals surface area (Å²) in [6, 6.07) is 6.73. The molecule has 1 aromatic rings. The number of aryl methyl sites for hydroxylation is 1. The van der Waals surface area contributed by atoms with Crippen LogP contribution >= 0.6 is 23.4 Å². The fourth-order valence-corrected chi connectivity index (χ4v) is 2.15. The second-order valence-corrected chi connectivity index (χ2v) is 5.14. The highest BCUT2D eigenvalue weighted by Gasteiger charge is 2.01. The number of halogens is 1. The third-order valence-electron chi connectivity index (χ3n) is 2.29. The zero-order valence-electron chi connectivity index (χ0n) is 9.51. The summed E-state index contributed by atoms with van der Waals surface area (Å²) in [4.78, 5) is 0. The summed E-state index contributed by atoms with van der Waals surface area (Å²) in [6.45, 7) is 5.16. The largest absolute Gasteiger partial charge is 0.309 e. The van der Waals surface area contributed by atoms with E-state index < -0.39 is 0 Å².